The number of amides is 1. The van der Waals surface area contributed by atoms with E-state index in [2.05, 4.69) is 20.9 Å². The summed E-state index contributed by atoms with van der Waals surface area (Å²) >= 11 is 3.38. The molecule has 0 aliphatic heterocycles. The van der Waals surface area contributed by atoms with Crippen molar-refractivity contribution in [1.29, 1.82) is 0 Å². The van der Waals surface area contributed by atoms with Gasteiger partial charge in [0, 0.05) is 23.9 Å². The van der Waals surface area contributed by atoms with E-state index in [0.717, 1.165) is 27.4 Å². The quantitative estimate of drug-likeness (QED) is 0.788. The smallest absolute Gasteiger partial charge is 0.319 e. The fourth-order valence-corrected chi connectivity index (χ4v) is 3.08. The minimum absolute atomic E-state index is 0.0522. The van der Waals surface area contributed by atoms with Crippen molar-refractivity contribution in [1.82, 2.24) is 14.5 Å². The van der Waals surface area contributed by atoms with Crippen LogP contribution in [0.1, 0.15) is 30.8 Å². The van der Waals surface area contributed by atoms with Gasteiger partial charge >= 0.3 is 6.55 Å². The Balaban J connectivity index is 1.77. The van der Waals surface area contributed by atoms with Crippen LogP contribution in [0.25, 0.3) is 0 Å². The second-order valence-corrected chi connectivity index (χ2v) is 6.69. The largest absolute Gasteiger partial charge is 0.338 e. The molecule has 7 heteroatoms. The lowest BCUT2D eigenvalue weighted by Gasteiger charge is -2.24. The Labute approximate surface area is 141 Å². The van der Waals surface area contributed by atoms with Crippen LogP contribution < -0.4 is 0 Å². The lowest BCUT2D eigenvalue weighted by Crippen LogP contribution is -2.36. The zero-order chi connectivity index (χ0) is 16.6. The van der Waals surface area contributed by atoms with Gasteiger partial charge < -0.3 is 4.90 Å². The number of aromatic nitrogens is 2. The number of rotatable bonds is 5. The third kappa shape index (κ3) is 3.02. The van der Waals surface area contributed by atoms with Crippen molar-refractivity contribution in [3.63, 3.8) is 0 Å². The molecule has 0 unspecified atom stereocenters. The number of hydrogen-bond donors (Lipinski definition) is 0. The lowest BCUT2D eigenvalue weighted by molar-refractivity contribution is -0.133. The van der Waals surface area contributed by atoms with Crippen molar-refractivity contribution in [3.05, 3.63) is 52.5 Å². The molecule has 1 heterocycles. The maximum atomic E-state index is 12.9. The summed E-state index contributed by atoms with van der Waals surface area (Å²) < 4.78 is 27.5. The summed E-state index contributed by atoms with van der Waals surface area (Å²) in [5.74, 6) is 0.131. The third-order valence-electron chi connectivity index (χ3n) is 4.24. The molecule has 0 N–H and O–H groups in total. The van der Waals surface area contributed by atoms with E-state index in [1.54, 1.807) is 7.05 Å². The average molecular weight is 384 g/mol. The zero-order valence-corrected chi connectivity index (χ0v) is 14.1. The SMILES string of the molecule is CN(Cc1nccn1C(F)F)C(=O)C1(c2ccc(Br)cc2)CC1. The van der Waals surface area contributed by atoms with Crippen LogP contribution in [-0.2, 0) is 16.8 Å². The van der Waals surface area contributed by atoms with Gasteiger partial charge in [0.25, 0.3) is 0 Å². The molecule has 1 aromatic heterocycles. The standard InChI is InChI=1S/C16H16BrF2N3O/c1-21(10-13-20-8-9-22(13)15(18)19)14(23)16(6-7-16)11-2-4-12(17)5-3-11/h2-5,8-9,15H,6-7,10H2,1H3. The molecule has 1 aliphatic carbocycles. The fourth-order valence-electron chi connectivity index (χ4n) is 2.81. The fraction of sp³-hybridized carbons (Fsp3) is 0.375. The molecule has 2 aromatic rings. The number of carbonyl (C=O) groups is 1. The van der Waals surface area contributed by atoms with Crippen molar-refractivity contribution in [2.75, 3.05) is 7.05 Å². The summed E-state index contributed by atoms with van der Waals surface area (Å²) in [6, 6.07) is 7.68. The first kappa shape index (κ1) is 16.1. The maximum absolute atomic E-state index is 12.9. The molecule has 23 heavy (non-hydrogen) atoms. The molecule has 1 aliphatic rings. The molecular weight excluding hydrogens is 368 g/mol. The van der Waals surface area contributed by atoms with Gasteiger partial charge in [-0.05, 0) is 30.5 Å². The summed E-state index contributed by atoms with van der Waals surface area (Å²) in [6.07, 6.45) is 4.10. The van der Waals surface area contributed by atoms with Gasteiger partial charge in [-0.15, -0.1) is 0 Å². The van der Waals surface area contributed by atoms with E-state index in [4.69, 9.17) is 0 Å². The number of imidazole rings is 1. The molecule has 0 saturated heterocycles. The lowest BCUT2D eigenvalue weighted by atomic mass is 9.94. The van der Waals surface area contributed by atoms with Crippen molar-refractivity contribution in [2.24, 2.45) is 0 Å². The molecule has 0 radical (unpaired) electrons. The Morgan fingerprint density at radius 3 is 2.61 bits per heavy atom. The molecule has 0 atom stereocenters. The number of benzene rings is 1. The first-order chi connectivity index (χ1) is 10.9. The van der Waals surface area contributed by atoms with Gasteiger partial charge in [0.2, 0.25) is 5.91 Å². The molecule has 122 valence electrons. The van der Waals surface area contributed by atoms with Crippen LogP contribution in [0.4, 0.5) is 8.78 Å². The summed E-state index contributed by atoms with van der Waals surface area (Å²) in [5.41, 5.74) is 0.451. The Kier molecular flexibility index (Phi) is 4.23. The van der Waals surface area contributed by atoms with E-state index in [1.807, 2.05) is 24.3 Å². The molecule has 0 spiro atoms. The van der Waals surface area contributed by atoms with Crippen molar-refractivity contribution in [2.45, 2.75) is 31.4 Å². The average Bonchev–Trinajstić information content (AvgIpc) is 3.20. The van der Waals surface area contributed by atoms with E-state index in [0.29, 0.717) is 0 Å². The topological polar surface area (TPSA) is 38.1 Å². The Morgan fingerprint density at radius 1 is 1.39 bits per heavy atom. The number of hydrogen-bond acceptors (Lipinski definition) is 2. The molecular formula is C16H16BrF2N3O. The molecule has 1 aromatic carbocycles. The van der Waals surface area contributed by atoms with E-state index >= 15 is 0 Å². The minimum atomic E-state index is -2.66. The number of carbonyl (C=O) groups excluding carboxylic acids is 1. The Morgan fingerprint density at radius 2 is 2.04 bits per heavy atom. The van der Waals surface area contributed by atoms with Crippen LogP contribution in [0.15, 0.2) is 41.1 Å². The molecule has 3 rings (SSSR count). The van der Waals surface area contributed by atoms with Crippen LogP contribution >= 0.6 is 15.9 Å². The summed E-state index contributed by atoms with van der Waals surface area (Å²) in [7, 11) is 1.63. The van der Waals surface area contributed by atoms with E-state index < -0.39 is 12.0 Å². The summed E-state index contributed by atoms with van der Waals surface area (Å²) in [5, 5.41) is 0. The second-order valence-electron chi connectivity index (χ2n) is 5.78. The van der Waals surface area contributed by atoms with Crippen molar-refractivity contribution in [3.8, 4) is 0 Å². The maximum Gasteiger partial charge on any atom is 0.319 e. The Hall–Kier alpha value is -1.76. The Bertz CT molecular complexity index is 710. The first-order valence-corrected chi connectivity index (χ1v) is 8.05. The van der Waals surface area contributed by atoms with Crippen molar-refractivity contribution >= 4 is 21.8 Å². The number of likely N-dealkylation sites (N-methyl/N-ethyl adjacent to an activating group) is 1. The highest BCUT2D eigenvalue weighted by Crippen LogP contribution is 2.49. The molecule has 4 nitrogen and oxygen atoms in total. The van der Waals surface area contributed by atoms with Gasteiger partial charge in [0.15, 0.2) is 0 Å². The van der Waals surface area contributed by atoms with Crippen LogP contribution in [-0.4, -0.2) is 27.4 Å². The van der Waals surface area contributed by atoms with E-state index in [-0.39, 0.29) is 18.3 Å². The monoisotopic (exact) mass is 383 g/mol. The van der Waals surface area contributed by atoms with Gasteiger partial charge in [0.1, 0.15) is 5.82 Å². The number of halogens is 3. The third-order valence-corrected chi connectivity index (χ3v) is 4.77. The van der Waals surface area contributed by atoms with Gasteiger partial charge in [0.05, 0.1) is 12.0 Å². The predicted molar refractivity (Wildman–Crippen MR) is 85.0 cm³/mol. The normalized spacial score (nSPS) is 15.7. The van der Waals surface area contributed by atoms with Crippen LogP contribution in [0.5, 0.6) is 0 Å². The van der Waals surface area contributed by atoms with Gasteiger partial charge in [-0.3, -0.25) is 9.36 Å². The van der Waals surface area contributed by atoms with E-state index in [1.165, 1.54) is 17.3 Å². The molecule has 1 fully saturated rings. The summed E-state index contributed by atoms with van der Waals surface area (Å²) in [4.78, 5) is 18.2. The number of alkyl halides is 2. The highest BCUT2D eigenvalue weighted by atomic mass is 79.9. The highest BCUT2D eigenvalue weighted by Gasteiger charge is 2.52. The van der Waals surface area contributed by atoms with Gasteiger partial charge in [-0.2, -0.15) is 8.78 Å². The van der Waals surface area contributed by atoms with Gasteiger partial charge in [-0.1, -0.05) is 28.1 Å². The van der Waals surface area contributed by atoms with Crippen LogP contribution in [0.3, 0.4) is 0 Å². The highest BCUT2D eigenvalue weighted by molar-refractivity contribution is 9.10. The van der Waals surface area contributed by atoms with Crippen molar-refractivity contribution < 1.29 is 13.6 Å². The van der Waals surface area contributed by atoms with Crippen LogP contribution in [0, 0.1) is 0 Å². The zero-order valence-electron chi connectivity index (χ0n) is 12.5. The summed E-state index contributed by atoms with van der Waals surface area (Å²) in [6.45, 7) is -2.59. The number of nitrogens with zero attached hydrogens (tertiary/aromatic N) is 3. The molecule has 1 amide bonds. The van der Waals surface area contributed by atoms with Gasteiger partial charge in [-0.25, -0.2) is 4.98 Å². The first-order valence-electron chi connectivity index (χ1n) is 7.25. The predicted octanol–water partition coefficient (Wildman–Crippen LogP) is 3.73. The van der Waals surface area contributed by atoms with Crippen LogP contribution in [0.2, 0.25) is 0 Å². The minimum Gasteiger partial charge on any atom is -0.338 e. The van der Waals surface area contributed by atoms with E-state index in [9.17, 15) is 13.6 Å². The second kappa shape index (κ2) is 6.03. The molecule has 0 bridgehead atoms. The molecule has 1 saturated carbocycles.